The normalized spacial score (nSPS) is 19.4. The number of ether oxygens (including phenoxy) is 3. The number of rotatable bonds is 10. The van der Waals surface area contributed by atoms with Crippen molar-refractivity contribution in [1.82, 2.24) is 0 Å². The summed E-state index contributed by atoms with van der Waals surface area (Å²) in [7, 11) is 2.54. The Balaban J connectivity index is 2.17. The lowest BCUT2D eigenvalue weighted by Gasteiger charge is -2.13. The highest BCUT2D eigenvalue weighted by Crippen LogP contribution is 2.28. The monoisotopic (exact) mass is 354 g/mol. The minimum Gasteiger partial charge on any atom is -0.493 e. The van der Waals surface area contributed by atoms with Gasteiger partial charge in [0.05, 0.1) is 31.3 Å². The highest BCUT2D eigenvalue weighted by Gasteiger charge is 2.07. The third kappa shape index (κ3) is 6.31. The molecule has 0 aromatic heterocycles. The minimum atomic E-state index is -2.31. The maximum Gasteiger partial charge on any atom is 0.160 e. The van der Waals surface area contributed by atoms with E-state index in [1.807, 2.05) is 0 Å². The minimum absolute atomic E-state index is 0.0750. The summed E-state index contributed by atoms with van der Waals surface area (Å²) in [5.74, 6) is -0.537. The second-order valence-corrected chi connectivity index (χ2v) is 5.16. The molecule has 4 nitrogen and oxygen atoms in total. The summed E-state index contributed by atoms with van der Waals surface area (Å²) in [6, 6.07) is -2.56. The highest BCUT2D eigenvalue weighted by molar-refractivity contribution is 5.42. The van der Waals surface area contributed by atoms with E-state index >= 15 is 0 Å². The maximum absolute atomic E-state index is 10.4. The van der Waals surface area contributed by atoms with Crippen LogP contribution in [-0.2, 0) is 6.42 Å². The van der Waals surface area contributed by atoms with Crippen LogP contribution in [0.1, 0.15) is 44.0 Å². The van der Waals surface area contributed by atoms with Crippen LogP contribution in [0, 0.1) is 6.92 Å². The molecule has 0 spiro atoms. The Hall–Kier alpha value is -2.20. The van der Waals surface area contributed by atoms with Gasteiger partial charge in [-0.05, 0) is 61.4 Å². The lowest BCUT2D eigenvalue weighted by molar-refractivity contribution is 0.0976. The molecule has 0 fully saturated rings. The van der Waals surface area contributed by atoms with Gasteiger partial charge in [-0.2, -0.15) is 0 Å². The van der Waals surface area contributed by atoms with Crippen molar-refractivity contribution in [2.45, 2.75) is 38.6 Å². The van der Waals surface area contributed by atoms with Gasteiger partial charge in [0, 0.05) is 2.74 Å². The second kappa shape index (κ2) is 9.94. The molecule has 0 aliphatic carbocycles. The molecule has 0 aliphatic rings. The summed E-state index contributed by atoms with van der Waals surface area (Å²) in [4.78, 5) is 0. The number of methoxy groups -OCH3 is 2. The molecular weight excluding hydrogens is 316 g/mol. The third-order valence-electron chi connectivity index (χ3n) is 3.21. The van der Waals surface area contributed by atoms with E-state index < -0.39 is 44.0 Å². The zero-order valence-corrected chi connectivity index (χ0v) is 14.5. The Bertz CT molecular complexity index is 1080. The third-order valence-corrected chi connectivity index (χ3v) is 3.21. The van der Waals surface area contributed by atoms with Crippen molar-refractivity contribution in [1.29, 1.82) is 0 Å². The van der Waals surface area contributed by atoms with Crippen molar-refractivity contribution in [2.24, 2.45) is 0 Å². The molecule has 4 heteroatoms. The van der Waals surface area contributed by atoms with Gasteiger partial charge in [0.2, 0.25) is 0 Å². The van der Waals surface area contributed by atoms with Crippen molar-refractivity contribution >= 4 is 0 Å². The first-order chi connectivity index (χ1) is 16.1. The summed E-state index contributed by atoms with van der Waals surface area (Å²) >= 11 is 0. The molecular formula is C21H28O4. The van der Waals surface area contributed by atoms with Gasteiger partial charge in [0.25, 0.3) is 0 Å². The molecule has 0 heterocycles. The summed E-state index contributed by atoms with van der Waals surface area (Å²) in [6.07, 6.45) is -5.63. The lowest BCUT2D eigenvalue weighted by atomic mass is 10.0. The van der Waals surface area contributed by atoms with E-state index in [0.717, 1.165) is 0 Å². The molecule has 136 valence electrons. The predicted molar refractivity (Wildman–Crippen MR) is 99.8 cm³/mol. The summed E-state index contributed by atoms with van der Waals surface area (Å²) in [5, 5.41) is 10.4. The largest absolute Gasteiger partial charge is 0.493 e. The molecule has 0 saturated heterocycles. The van der Waals surface area contributed by atoms with E-state index in [1.165, 1.54) is 21.1 Å². The van der Waals surface area contributed by atoms with E-state index in [1.54, 1.807) is 0 Å². The summed E-state index contributed by atoms with van der Waals surface area (Å²) in [6.45, 7) is 0.714. The van der Waals surface area contributed by atoms with E-state index in [4.69, 9.17) is 27.9 Å². The van der Waals surface area contributed by atoms with Gasteiger partial charge in [-0.15, -0.1) is 0 Å². The number of aliphatic hydroxyl groups is 1. The Morgan fingerprint density at radius 2 is 1.96 bits per heavy atom. The molecule has 25 heavy (non-hydrogen) atoms. The fourth-order valence-corrected chi connectivity index (χ4v) is 1.95. The van der Waals surface area contributed by atoms with Crippen LogP contribution in [0.5, 0.6) is 17.2 Å². The van der Waals surface area contributed by atoms with Crippen LogP contribution in [-0.4, -0.2) is 32.0 Å². The van der Waals surface area contributed by atoms with Crippen LogP contribution in [0.3, 0.4) is 0 Å². The van der Waals surface area contributed by atoms with Gasteiger partial charge in [0.15, 0.2) is 11.5 Å². The lowest BCUT2D eigenvalue weighted by Crippen LogP contribution is -2.17. The SMILES string of the molecule is [2H]c1c([2H])c(C)c([2H])c(OCC([2H])(O)CCC([2H])([2H])Cc2c([2H])c([2H])c(OC)c(OC)c2[2H])c1[2H]. The Morgan fingerprint density at radius 1 is 1.16 bits per heavy atom. The second-order valence-electron chi connectivity index (χ2n) is 5.16. The van der Waals surface area contributed by atoms with E-state index in [-0.39, 0.29) is 65.0 Å². The molecule has 2 rings (SSSR count). The van der Waals surface area contributed by atoms with E-state index in [2.05, 4.69) is 0 Å². The van der Waals surface area contributed by atoms with Crippen LogP contribution in [0.4, 0.5) is 0 Å². The Kier molecular flexibility index (Phi) is 3.77. The summed E-state index contributed by atoms with van der Waals surface area (Å²) < 4.78 is 96.0. The molecule has 0 bridgehead atoms. The van der Waals surface area contributed by atoms with Gasteiger partial charge < -0.3 is 19.3 Å². The van der Waals surface area contributed by atoms with E-state index in [9.17, 15) is 5.11 Å². The van der Waals surface area contributed by atoms with Crippen molar-refractivity contribution < 1.29 is 33.0 Å². The first-order valence-electron chi connectivity index (χ1n) is 12.7. The first-order valence-corrected chi connectivity index (χ1v) is 7.71. The molecule has 1 N–H and O–H groups in total. The number of hydrogen-bond acceptors (Lipinski definition) is 4. The maximum atomic E-state index is 10.4. The molecule has 2 aromatic carbocycles. The van der Waals surface area contributed by atoms with Gasteiger partial charge in [-0.1, -0.05) is 24.5 Å². The van der Waals surface area contributed by atoms with Gasteiger partial charge >= 0.3 is 0 Å². The van der Waals surface area contributed by atoms with Crippen LogP contribution in [0.15, 0.2) is 42.3 Å². The molecule has 0 saturated carbocycles. The first kappa shape index (κ1) is 9.48. The quantitative estimate of drug-likeness (QED) is 0.696. The molecule has 2 aromatic rings. The fourth-order valence-electron chi connectivity index (χ4n) is 1.95. The van der Waals surface area contributed by atoms with Crippen molar-refractivity contribution in [3.05, 3.63) is 53.4 Å². The molecule has 1 unspecified atom stereocenters. The zero-order chi connectivity index (χ0) is 26.9. The fraction of sp³-hybridized carbons (Fsp3) is 0.429. The predicted octanol–water partition coefficient (Wildman–Crippen LogP) is 4.16. The standard InChI is InChI=1S/C21H28O4/c1-16-7-6-10-19(13-16)25-15-18(22)9-5-4-8-17-11-12-20(23-2)21(14-17)24-3/h6-7,10-14,18,22H,4-5,8-9,15H2,1-3H3/i4D2,6D,7D,10D,11D,12D,13D,14D,18D. The molecule has 0 radical (unpaired) electrons. The average molecular weight is 355 g/mol. The molecule has 1 atom stereocenters. The Labute approximate surface area is 164 Å². The van der Waals surface area contributed by atoms with E-state index in [0.29, 0.717) is 0 Å². The average Bonchev–Trinajstić information content (AvgIpc) is 2.80. The van der Waals surface area contributed by atoms with Crippen LogP contribution in [0.2, 0.25) is 0 Å². The molecule has 0 amide bonds. The van der Waals surface area contributed by atoms with Gasteiger partial charge in [0.1, 0.15) is 12.4 Å². The topological polar surface area (TPSA) is 47.9 Å². The van der Waals surface area contributed by atoms with Gasteiger partial charge in [-0.25, -0.2) is 0 Å². The highest BCUT2D eigenvalue weighted by atomic mass is 16.5. The zero-order valence-electron chi connectivity index (χ0n) is 24.5. The Morgan fingerprint density at radius 3 is 2.72 bits per heavy atom. The van der Waals surface area contributed by atoms with Crippen LogP contribution >= 0.6 is 0 Å². The number of benzene rings is 2. The smallest absolute Gasteiger partial charge is 0.160 e. The van der Waals surface area contributed by atoms with Crippen LogP contribution in [0.25, 0.3) is 0 Å². The summed E-state index contributed by atoms with van der Waals surface area (Å²) in [5.41, 5.74) is 0.0426. The van der Waals surface area contributed by atoms with Crippen molar-refractivity contribution in [3.8, 4) is 17.2 Å². The molecule has 0 aliphatic heterocycles. The van der Waals surface area contributed by atoms with Crippen LogP contribution < -0.4 is 14.2 Å². The van der Waals surface area contributed by atoms with Gasteiger partial charge in [-0.3, -0.25) is 0 Å². The van der Waals surface area contributed by atoms with Crippen molar-refractivity contribution in [2.75, 3.05) is 20.8 Å². The number of hydrogen-bond donors (Lipinski definition) is 1. The van der Waals surface area contributed by atoms with Crippen molar-refractivity contribution in [3.63, 3.8) is 0 Å².